The summed E-state index contributed by atoms with van der Waals surface area (Å²) in [6.07, 6.45) is -8.98. The fraction of sp³-hybridized carbons (Fsp3) is 0.111. The summed E-state index contributed by atoms with van der Waals surface area (Å²) in [5.41, 5.74) is -1.95. The van der Waals surface area contributed by atoms with Gasteiger partial charge in [-0.25, -0.2) is 0 Å². The molecule has 31 heavy (non-hydrogen) atoms. The van der Waals surface area contributed by atoms with Crippen molar-refractivity contribution in [2.24, 2.45) is 0 Å². The van der Waals surface area contributed by atoms with Crippen LogP contribution >= 0.6 is 22.6 Å². The third kappa shape index (κ3) is 4.40. The number of alkyl halides is 6. The van der Waals surface area contributed by atoms with E-state index in [0.717, 1.165) is 30.3 Å². The number of rotatable bonds is 0. The minimum atomic E-state index is -4.50. The van der Waals surface area contributed by atoms with Crippen LogP contribution in [0.15, 0.2) is 30.3 Å². The standard InChI is InChI=1S/C9H3F3INO2.C9H4F3NO2/c10-9(11,12)4-2-6-3(1-5(4)13)7(15)8(16)14-6;10-9(11,12)4-1-2-5-6(3-4)13-8(15)7(5)14/h1-2H,(H,14,15,16);1-3H,(H,13,14,15). The summed E-state index contributed by atoms with van der Waals surface area (Å²) in [5, 5.41) is 4.17. The van der Waals surface area contributed by atoms with E-state index in [1.54, 1.807) is 0 Å². The molecular weight excluding hydrogens is 549 g/mol. The van der Waals surface area contributed by atoms with Gasteiger partial charge in [0.25, 0.3) is 23.4 Å². The molecule has 0 spiro atoms. The van der Waals surface area contributed by atoms with Gasteiger partial charge in [-0.3, -0.25) is 19.2 Å². The van der Waals surface area contributed by atoms with E-state index in [1.165, 1.54) is 22.6 Å². The van der Waals surface area contributed by atoms with Crippen molar-refractivity contribution in [3.63, 3.8) is 0 Å². The van der Waals surface area contributed by atoms with Gasteiger partial charge in [-0.05, 0) is 52.9 Å². The van der Waals surface area contributed by atoms with Crippen LogP contribution in [-0.2, 0) is 21.9 Å². The molecule has 6 nitrogen and oxygen atoms in total. The molecular formula is C18H7F6IN2O4. The second-order valence-corrected chi connectivity index (χ2v) is 7.36. The van der Waals surface area contributed by atoms with Crippen LogP contribution in [0.25, 0.3) is 0 Å². The van der Waals surface area contributed by atoms with Gasteiger partial charge in [-0.15, -0.1) is 0 Å². The highest BCUT2D eigenvalue weighted by Gasteiger charge is 2.37. The second-order valence-electron chi connectivity index (χ2n) is 6.20. The summed E-state index contributed by atoms with van der Waals surface area (Å²) in [5.74, 6) is -3.41. The van der Waals surface area contributed by atoms with Gasteiger partial charge >= 0.3 is 12.4 Å². The van der Waals surface area contributed by atoms with E-state index in [-0.39, 0.29) is 26.1 Å². The summed E-state index contributed by atoms with van der Waals surface area (Å²) in [6.45, 7) is 0. The maximum Gasteiger partial charge on any atom is 0.417 e. The Morgan fingerprint density at radius 1 is 0.677 bits per heavy atom. The molecule has 2 aromatic rings. The summed E-state index contributed by atoms with van der Waals surface area (Å²) < 4.78 is 74.2. The Morgan fingerprint density at radius 2 is 1.19 bits per heavy atom. The second kappa shape index (κ2) is 7.62. The number of fused-ring (bicyclic) bond motifs is 2. The summed E-state index contributed by atoms with van der Waals surface area (Å²) in [6, 6.07) is 4.37. The van der Waals surface area contributed by atoms with Crippen LogP contribution in [0.2, 0.25) is 0 Å². The van der Waals surface area contributed by atoms with Crippen molar-refractivity contribution in [3.05, 3.63) is 56.2 Å². The van der Waals surface area contributed by atoms with E-state index in [4.69, 9.17) is 0 Å². The first-order valence-electron chi connectivity index (χ1n) is 8.03. The van der Waals surface area contributed by atoms with Crippen LogP contribution in [0.3, 0.4) is 0 Å². The van der Waals surface area contributed by atoms with Gasteiger partial charge in [0.2, 0.25) is 0 Å². The van der Waals surface area contributed by atoms with Crippen LogP contribution in [0, 0.1) is 3.57 Å². The molecule has 162 valence electrons. The van der Waals surface area contributed by atoms with E-state index in [9.17, 15) is 45.5 Å². The highest BCUT2D eigenvalue weighted by Crippen LogP contribution is 2.37. The van der Waals surface area contributed by atoms with Crippen molar-refractivity contribution in [2.45, 2.75) is 12.4 Å². The lowest BCUT2D eigenvalue weighted by atomic mass is 10.1. The molecule has 4 rings (SSSR count). The third-order valence-electron chi connectivity index (χ3n) is 4.16. The molecule has 2 N–H and O–H groups in total. The topological polar surface area (TPSA) is 92.3 Å². The van der Waals surface area contributed by atoms with Gasteiger partial charge < -0.3 is 10.6 Å². The van der Waals surface area contributed by atoms with Gasteiger partial charge in [0, 0.05) is 3.57 Å². The molecule has 2 aromatic carbocycles. The van der Waals surface area contributed by atoms with Gasteiger partial charge in [0.15, 0.2) is 0 Å². The lowest BCUT2D eigenvalue weighted by Crippen LogP contribution is -2.12. The molecule has 0 unspecified atom stereocenters. The van der Waals surface area contributed by atoms with E-state index in [1.807, 2.05) is 0 Å². The van der Waals surface area contributed by atoms with Gasteiger partial charge in [-0.2, -0.15) is 26.3 Å². The first-order valence-corrected chi connectivity index (χ1v) is 9.11. The molecule has 0 aliphatic carbocycles. The zero-order valence-electron chi connectivity index (χ0n) is 14.7. The Balaban J connectivity index is 0.000000176. The number of hydrogen-bond acceptors (Lipinski definition) is 4. The Kier molecular flexibility index (Phi) is 5.58. The fourth-order valence-corrected chi connectivity index (χ4v) is 3.48. The first-order chi connectivity index (χ1) is 14.2. The number of benzene rings is 2. The number of carbonyl (C=O) groups is 4. The highest BCUT2D eigenvalue weighted by molar-refractivity contribution is 14.1. The minimum absolute atomic E-state index is 0.0117. The minimum Gasteiger partial charge on any atom is -0.318 e. The number of ketones is 2. The third-order valence-corrected chi connectivity index (χ3v) is 5.05. The van der Waals surface area contributed by atoms with Crippen molar-refractivity contribution < 1.29 is 45.5 Å². The Hall–Kier alpha value is -2.97. The maximum absolute atomic E-state index is 12.5. The van der Waals surface area contributed by atoms with E-state index in [0.29, 0.717) is 0 Å². The van der Waals surface area contributed by atoms with Crippen molar-refractivity contribution in [1.82, 2.24) is 0 Å². The quantitative estimate of drug-likeness (QED) is 0.288. The van der Waals surface area contributed by atoms with Crippen molar-refractivity contribution in [1.29, 1.82) is 0 Å². The first kappa shape index (κ1) is 22.7. The normalized spacial score (nSPS) is 15.1. The smallest absolute Gasteiger partial charge is 0.318 e. The van der Waals surface area contributed by atoms with E-state index >= 15 is 0 Å². The molecule has 0 aromatic heterocycles. The lowest BCUT2D eigenvalue weighted by Gasteiger charge is -2.10. The van der Waals surface area contributed by atoms with Crippen LogP contribution in [0.1, 0.15) is 31.8 Å². The van der Waals surface area contributed by atoms with Crippen LogP contribution in [-0.4, -0.2) is 23.4 Å². The molecule has 0 bridgehead atoms. The monoisotopic (exact) mass is 556 g/mol. The number of hydrogen-bond donors (Lipinski definition) is 2. The molecule has 0 atom stereocenters. The van der Waals surface area contributed by atoms with Crippen molar-refractivity contribution in [3.8, 4) is 0 Å². The highest BCUT2D eigenvalue weighted by atomic mass is 127. The number of amides is 2. The SMILES string of the molecule is O=C1Nc2cc(C(F)(F)F)c(I)cc2C1=O.O=C1Nc2cc(C(F)(F)F)ccc2C1=O. The van der Waals surface area contributed by atoms with E-state index in [2.05, 4.69) is 10.6 Å². The van der Waals surface area contributed by atoms with Crippen LogP contribution in [0.5, 0.6) is 0 Å². The van der Waals surface area contributed by atoms with Gasteiger partial charge in [0.05, 0.1) is 33.6 Å². The van der Waals surface area contributed by atoms with Crippen LogP contribution < -0.4 is 10.6 Å². The fourth-order valence-electron chi connectivity index (χ4n) is 2.71. The molecule has 2 aliphatic heterocycles. The number of Topliss-reactive ketones (excluding diaryl/α,β-unsaturated/α-hetero) is 2. The van der Waals surface area contributed by atoms with Crippen LogP contribution in [0.4, 0.5) is 37.7 Å². The molecule has 0 radical (unpaired) electrons. The van der Waals surface area contributed by atoms with Gasteiger partial charge in [0.1, 0.15) is 0 Å². The zero-order valence-corrected chi connectivity index (χ0v) is 16.8. The summed E-state index contributed by atoms with van der Waals surface area (Å²) in [7, 11) is 0. The van der Waals surface area contributed by atoms with E-state index < -0.39 is 46.9 Å². The van der Waals surface area contributed by atoms with Crippen molar-refractivity contribution >= 4 is 57.3 Å². The Labute approximate surface area is 182 Å². The number of halogens is 7. The predicted molar refractivity (Wildman–Crippen MR) is 102 cm³/mol. The maximum atomic E-state index is 12.5. The molecule has 2 aliphatic rings. The molecule has 0 saturated carbocycles. The molecule has 0 saturated heterocycles. The predicted octanol–water partition coefficient (Wildman–Crippen LogP) is 4.29. The summed E-state index contributed by atoms with van der Waals surface area (Å²) in [4.78, 5) is 44.1. The average Bonchev–Trinajstić information content (AvgIpc) is 3.09. The lowest BCUT2D eigenvalue weighted by molar-refractivity contribution is -0.138. The largest absolute Gasteiger partial charge is 0.417 e. The molecule has 13 heteroatoms. The molecule has 2 amide bonds. The number of nitrogens with one attached hydrogen (secondary N) is 2. The molecule has 2 heterocycles. The number of anilines is 2. The van der Waals surface area contributed by atoms with Gasteiger partial charge in [-0.1, -0.05) is 0 Å². The Bertz CT molecular complexity index is 1160. The number of carbonyl (C=O) groups excluding carboxylic acids is 4. The van der Waals surface area contributed by atoms with Crippen molar-refractivity contribution in [2.75, 3.05) is 10.6 Å². The Morgan fingerprint density at radius 3 is 1.71 bits per heavy atom. The zero-order chi connectivity index (χ0) is 23.3. The average molecular weight is 556 g/mol. The summed E-state index contributed by atoms with van der Waals surface area (Å²) >= 11 is 1.48. The molecule has 0 fully saturated rings.